The maximum absolute atomic E-state index is 11.9. The summed E-state index contributed by atoms with van der Waals surface area (Å²) in [6.45, 7) is 1.23. The molecule has 0 aliphatic heterocycles. The van der Waals surface area contributed by atoms with Crippen LogP contribution in [0.15, 0.2) is 36.0 Å². The van der Waals surface area contributed by atoms with E-state index in [9.17, 15) is 14.4 Å². The molecule has 0 fully saturated rings. The highest BCUT2D eigenvalue weighted by Gasteiger charge is 2.24. The number of carbonyl (C=O) groups excluding carboxylic acids is 3. The van der Waals surface area contributed by atoms with E-state index < -0.39 is 17.8 Å². The van der Waals surface area contributed by atoms with Gasteiger partial charge in [0.2, 0.25) is 5.91 Å². The number of nitrogens with one attached hydrogen (secondary N) is 1. The molecule has 106 valence electrons. The van der Waals surface area contributed by atoms with Crippen LogP contribution < -0.4 is 5.32 Å². The summed E-state index contributed by atoms with van der Waals surface area (Å²) in [6.07, 6.45) is 0. The Labute approximate surface area is 116 Å². The quantitative estimate of drug-likeness (QED) is 0.652. The predicted molar refractivity (Wildman–Crippen MR) is 71.2 cm³/mol. The summed E-state index contributed by atoms with van der Waals surface area (Å²) in [5.41, 5.74) is 0.127. The van der Waals surface area contributed by atoms with E-state index in [4.69, 9.17) is 0 Å². The molecule has 6 heteroatoms. The molecule has 0 atom stereocenters. The number of benzene rings is 1. The second kappa shape index (κ2) is 7.08. The molecule has 0 saturated heterocycles. The molecule has 20 heavy (non-hydrogen) atoms. The number of methoxy groups -OCH3 is 2. The third kappa shape index (κ3) is 3.68. The van der Waals surface area contributed by atoms with E-state index in [-0.39, 0.29) is 11.3 Å². The SMILES string of the molecule is COC(=O)/C(NC(C)=O)=C(/C(=O)OC)c1ccccc1. The smallest absolute Gasteiger partial charge is 0.355 e. The zero-order valence-corrected chi connectivity index (χ0v) is 11.4. The van der Waals surface area contributed by atoms with Crippen LogP contribution in [0.25, 0.3) is 5.57 Å². The molecule has 0 aliphatic rings. The van der Waals surface area contributed by atoms with Gasteiger partial charge in [-0.25, -0.2) is 9.59 Å². The van der Waals surface area contributed by atoms with E-state index in [0.717, 1.165) is 7.11 Å². The van der Waals surface area contributed by atoms with Crippen LogP contribution in [0.5, 0.6) is 0 Å². The fraction of sp³-hybridized carbons (Fsp3) is 0.214. The van der Waals surface area contributed by atoms with Gasteiger partial charge in [-0.05, 0) is 5.56 Å². The first-order chi connectivity index (χ1) is 9.51. The first-order valence-corrected chi connectivity index (χ1v) is 5.75. The van der Waals surface area contributed by atoms with Crippen LogP contribution in [0.1, 0.15) is 12.5 Å². The van der Waals surface area contributed by atoms with Crippen LogP contribution in [0.3, 0.4) is 0 Å². The summed E-state index contributed by atoms with van der Waals surface area (Å²) >= 11 is 0. The Kier molecular flexibility index (Phi) is 5.46. The molecule has 6 nitrogen and oxygen atoms in total. The van der Waals surface area contributed by atoms with Crippen LogP contribution in [0, 0.1) is 0 Å². The number of amides is 1. The van der Waals surface area contributed by atoms with Gasteiger partial charge >= 0.3 is 11.9 Å². The van der Waals surface area contributed by atoms with Gasteiger partial charge in [0, 0.05) is 6.92 Å². The lowest BCUT2D eigenvalue weighted by molar-refractivity contribution is -0.138. The lowest BCUT2D eigenvalue weighted by Gasteiger charge is -2.12. The second-order valence-electron chi connectivity index (χ2n) is 3.78. The van der Waals surface area contributed by atoms with Crippen molar-refractivity contribution < 1.29 is 23.9 Å². The normalized spacial score (nSPS) is 11.2. The third-order valence-electron chi connectivity index (χ3n) is 2.39. The Morgan fingerprint density at radius 2 is 1.50 bits per heavy atom. The maximum atomic E-state index is 11.9. The highest BCUT2D eigenvalue weighted by atomic mass is 16.5. The molecule has 1 rings (SSSR count). The van der Waals surface area contributed by atoms with Gasteiger partial charge in [0.05, 0.1) is 19.8 Å². The van der Waals surface area contributed by atoms with Crippen molar-refractivity contribution in [2.75, 3.05) is 14.2 Å². The van der Waals surface area contributed by atoms with Gasteiger partial charge in [0.1, 0.15) is 5.70 Å². The minimum atomic E-state index is -0.829. The summed E-state index contributed by atoms with van der Waals surface area (Å²) in [5, 5.41) is 2.31. The van der Waals surface area contributed by atoms with Gasteiger partial charge in [-0.3, -0.25) is 4.79 Å². The van der Waals surface area contributed by atoms with E-state index in [0.29, 0.717) is 5.56 Å². The molecule has 0 aliphatic carbocycles. The lowest BCUT2D eigenvalue weighted by Crippen LogP contribution is -2.29. The molecule has 0 radical (unpaired) electrons. The molecule has 1 aromatic rings. The molecule has 0 heterocycles. The van der Waals surface area contributed by atoms with Crippen molar-refractivity contribution in [3.05, 3.63) is 41.6 Å². The van der Waals surface area contributed by atoms with Gasteiger partial charge in [-0.2, -0.15) is 0 Å². The van der Waals surface area contributed by atoms with Crippen molar-refractivity contribution in [2.45, 2.75) is 6.92 Å². The molecule has 1 aromatic carbocycles. The van der Waals surface area contributed by atoms with Gasteiger partial charge in [-0.15, -0.1) is 0 Å². The van der Waals surface area contributed by atoms with Crippen molar-refractivity contribution in [3.63, 3.8) is 0 Å². The minimum Gasteiger partial charge on any atom is -0.465 e. The van der Waals surface area contributed by atoms with E-state index in [1.165, 1.54) is 14.0 Å². The highest BCUT2D eigenvalue weighted by Crippen LogP contribution is 2.20. The highest BCUT2D eigenvalue weighted by molar-refractivity contribution is 6.23. The van der Waals surface area contributed by atoms with Crippen LogP contribution >= 0.6 is 0 Å². The van der Waals surface area contributed by atoms with Crippen molar-refractivity contribution >= 4 is 23.4 Å². The Balaban J connectivity index is 3.50. The number of hydrogen-bond acceptors (Lipinski definition) is 5. The van der Waals surface area contributed by atoms with Gasteiger partial charge in [-0.1, -0.05) is 30.3 Å². The summed E-state index contributed by atoms with van der Waals surface area (Å²) in [5.74, 6) is -2.07. The Bertz CT molecular complexity index is 548. The van der Waals surface area contributed by atoms with Crippen LogP contribution in [-0.2, 0) is 23.9 Å². The summed E-state index contributed by atoms with van der Waals surface area (Å²) < 4.78 is 9.26. The second-order valence-corrected chi connectivity index (χ2v) is 3.78. The largest absolute Gasteiger partial charge is 0.465 e. The van der Waals surface area contributed by atoms with Crippen LogP contribution in [0.2, 0.25) is 0 Å². The molecule has 0 saturated carbocycles. The van der Waals surface area contributed by atoms with E-state index in [2.05, 4.69) is 14.8 Å². The minimum absolute atomic E-state index is 0.0600. The number of carbonyl (C=O) groups is 3. The topological polar surface area (TPSA) is 81.7 Å². The van der Waals surface area contributed by atoms with Crippen molar-refractivity contribution in [1.82, 2.24) is 5.32 Å². The van der Waals surface area contributed by atoms with E-state index in [1.54, 1.807) is 30.3 Å². The van der Waals surface area contributed by atoms with E-state index in [1.807, 2.05) is 0 Å². The number of hydrogen-bond donors (Lipinski definition) is 1. The Hall–Kier alpha value is -2.63. The standard InChI is InChI=1S/C14H15NO5/c1-9(16)15-12(14(18)20-3)11(13(17)19-2)10-7-5-4-6-8-10/h4-8H,1-3H3,(H,15,16)/b12-11-. The van der Waals surface area contributed by atoms with Gasteiger partial charge in [0.15, 0.2) is 0 Å². The van der Waals surface area contributed by atoms with Crippen molar-refractivity contribution in [1.29, 1.82) is 0 Å². The number of ether oxygens (including phenoxy) is 2. The molecular formula is C14H15NO5. The molecule has 0 spiro atoms. The summed E-state index contributed by atoms with van der Waals surface area (Å²) in [6, 6.07) is 8.39. The van der Waals surface area contributed by atoms with Gasteiger partial charge < -0.3 is 14.8 Å². The molecule has 0 bridgehead atoms. The first-order valence-electron chi connectivity index (χ1n) is 5.75. The molecule has 1 amide bonds. The molecule has 0 unspecified atom stereocenters. The van der Waals surface area contributed by atoms with Crippen LogP contribution in [-0.4, -0.2) is 32.1 Å². The van der Waals surface area contributed by atoms with Crippen molar-refractivity contribution in [2.24, 2.45) is 0 Å². The molecular weight excluding hydrogens is 262 g/mol. The molecule has 0 aromatic heterocycles. The molecule has 1 N–H and O–H groups in total. The zero-order chi connectivity index (χ0) is 15.1. The Morgan fingerprint density at radius 3 is 1.95 bits per heavy atom. The van der Waals surface area contributed by atoms with Crippen LogP contribution in [0.4, 0.5) is 0 Å². The average molecular weight is 277 g/mol. The first kappa shape index (κ1) is 15.4. The zero-order valence-electron chi connectivity index (χ0n) is 11.4. The number of rotatable bonds is 4. The fourth-order valence-electron chi connectivity index (χ4n) is 1.56. The fourth-order valence-corrected chi connectivity index (χ4v) is 1.56. The number of esters is 2. The third-order valence-corrected chi connectivity index (χ3v) is 2.39. The van der Waals surface area contributed by atoms with E-state index >= 15 is 0 Å². The predicted octanol–water partition coefficient (Wildman–Crippen LogP) is 0.880. The summed E-state index contributed by atoms with van der Waals surface area (Å²) in [4.78, 5) is 34.9. The average Bonchev–Trinajstić information content (AvgIpc) is 2.46. The van der Waals surface area contributed by atoms with Gasteiger partial charge in [0.25, 0.3) is 0 Å². The van der Waals surface area contributed by atoms with Crippen molar-refractivity contribution in [3.8, 4) is 0 Å². The summed E-state index contributed by atoms with van der Waals surface area (Å²) in [7, 11) is 2.35. The maximum Gasteiger partial charge on any atom is 0.355 e. The Morgan fingerprint density at radius 1 is 0.950 bits per heavy atom. The monoisotopic (exact) mass is 277 g/mol. The lowest BCUT2D eigenvalue weighted by atomic mass is 10.0.